The van der Waals surface area contributed by atoms with Gasteiger partial charge in [0.25, 0.3) is 0 Å². The Bertz CT molecular complexity index is 603. The summed E-state index contributed by atoms with van der Waals surface area (Å²) in [6.45, 7) is 3.79. The van der Waals surface area contributed by atoms with Crippen molar-refractivity contribution in [3.05, 3.63) is 28.3 Å². The average Bonchev–Trinajstić information content (AvgIpc) is 2.76. The Hall–Kier alpha value is -0.660. The lowest BCUT2D eigenvalue weighted by atomic mass is 10.1. The predicted octanol–water partition coefficient (Wildman–Crippen LogP) is 1.60. The molecule has 1 aromatic rings. The quantitative estimate of drug-likeness (QED) is 0.884. The zero-order valence-corrected chi connectivity index (χ0v) is 13.0. The number of hydrogen-bond acceptors (Lipinski definition) is 4. The van der Waals surface area contributed by atoms with Crippen LogP contribution >= 0.6 is 11.6 Å². The molecule has 0 radical (unpaired) electrons. The van der Waals surface area contributed by atoms with E-state index < -0.39 is 10.0 Å². The second-order valence-corrected chi connectivity index (χ2v) is 7.06. The molecule has 20 heavy (non-hydrogen) atoms. The highest BCUT2D eigenvalue weighted by atomic mass is 35.5. The summed E-state index contributed by atoms with van der Waals surface area (Å²) >= 11 is 5.92. The van der Waals surface area contributed by atoms with Crippen molar-refractivity contribution in [2.24, 2.45) is 0 Å². The Morgan fingerprint density at radius 2 is 2.20 bits per heavy atom. The molecule has 1 saturated heterocycles. The Morgan fingerprint density at radius 1 is 1.50 bits per heavy atom. The molecule has 0 amide bonds. The van der Waals surface area contributed by atoms with Crippen molar-refractivity contribution in [2.45, 2.75) is 43.9 Å². The molecule has 112 valence electrons. The fraction of sp³-hybridized carbons (Fsp3) is 0.538. The summed E-state index contributed by atoms with van der Waals surface area (Å²) in [5.74, 6) is 0. The Labute approximate surface area is 124 Å². The van der Waals surface area contributed by atoms with E-state index in [1.165, 1.54) is 6.07 Å². The van der Waals surface area contributed by atoms with Gasteiger partial charge in [-0.15, -0.1) is 0 Å². The van der Waals surface area contributed by atoms with Gasteiger partial charge in [-0.1, -0.05) is 11.6 Å². The number of aliphatic hydroxyl groups is 1. The van der Waals surface area contributed by atoms with Gasteiger partial charge in [0.2, 0.25) is 10.0 Å². The summed E-state index contributed by atoms with van der Waals surface area (Å²) in [6, 6.07) is 2.73. The molecular formula is C13H18ClNO4S. The van der Waals surface area contributed by atoms with Gasteiger partial charge in [0.1, 0.15) is 0 Å². The topological polar surface area (TPSA) is 75.6 Å². The van der Waals surface area contributed by atoms with Crippen LogP contribution in [0, 0.1) is 6.92 Å². The Kier molecular flexibility index (Phi) is 4.71. The summed E-state index contributed by atoms with van der Waals surface area (Å²) in [4.78, 5) is 0.105. The number of aliphatic hydroxyl groups excluding tert-OH is 1. The molecule has 0 bridgehead atoms. The van der Waals surface area contributed by atoms with Crippen LogP contribution in [0.25, 0.3) is 0 Å². The first-order valence-corrected chi connectivity index (χ1v) is 8.25. The minimum Gasteiger partial charge on any atom is -0.392 e. The van der Waals surface area contributed by atoms with Crippen LogP contribution in [0.5, 0.6) is 0 Å². The number of rotatable bonds is 4. The second kappa shape index (κ2) is 5.99. The van der Waals surface area contributed by atoms with Gasteiger partial charge in [-0.25, -0.2) is 13.1 Å². The molecule has 2 unspecified atom stereocenters. The molecule has 7 heteroatoms. The van der Waals surface area contributed by atoms with Crippen molar-refractivity contribution in [1.29, 1.82) is 0 Å². The van der Waals surface area contributed by atoms with E-state index in [9.17, 15) is 13.5 Å². The molecule has 1 aliphatic rings. The average molecular weight is 320 g/mol. The van der Waals surface area contributed by atoms with Crippen LogP contribution in [0.1, 0.15) is 24.5 Å². The second-order valence-electron chi connectivity index (χ2n) is 4.94. The van der Waals surface area contributed by atoms with Gasteiger partial charge >= 0.3 is 0 Å². The highest BCUT2D eigenvalue weighted by molar-refractivity contribution is 7.89. The van der Waals surface area contributed by atoms with Crippen molar-refractivity contribution in [1.82, 2.24) is 4.72 Å². The van der Waals surface area contributed by atoms with E-state index in [-0.39, 0.29) is 28.7 Å². The van der Waals surface area contributed by atoms with Crippen LogP contribution in [0.4, 0.5) is 0 Å². The van der Waals surface area contributed by atoms with Crippen molar-refractivity contribution < 1.29 is 18.3 Å². The minimum absolute atomic E-state index is 0.105. The number of hydrogen-bond donors (Lipinski definition) is 2. The molecule has 1 aromatic carbocycles. The number of nitrogens with one attached hydrogen (secondary N) is 1. The maximum absolute atomic E-state index is 12.5. The standard InChI is InChI=1S/C13H18ClNO4S/c1-8-10(7-16)5-11(14)6-13(8)20(17,18)15-12-3-4-19-9(12)2/h5-6,9,12,15-16H,3-4,7H2,1-2H3. The van der Waals surface area contributed by atoms with E-state index in [1.54, 1.807) is 13.0 Å². The molecule has 1 aliphatic heterocycles. The number of ether oxygens (including phenoxy) is 1. The van der Waals surface area contributed by atoms with Gasteiger partial charge in [-0.3, -0.25) is 0 Å². The smallest absolute Gasteiger partial charge is 0.241 e. The maximum atomic E-state index is 12.5. The van der Waals surface area contributed by atoms with Gasteiger partial charge in [-0.05, 0) is 43.5 Å². The predicted molar refractivity (Wildman–Crippen MR) is 76.3 cm³/mol. The lowest BCUT2D eigenvalue weighted by Gasteiger charge is -2.18. The van der Waals surface area contributed by atoms with Gasteiger partial charge in [0, 0.05) is 11.6 Å². The lowest BCUT2D eigenvalue weighted by Crippen LogP contribution is -2.39. The van der Waals surface area contributed by atoms with Crippen LogP contribution in [0.15, 0.2) is 17.0 Å². The molecule has 2 rings (SSSR count). The third-order valence-electron chi connectivity index (χ3n) is 3.57. The first kappa shape index (κ1) is 15.7. The van der Waals surface area contributed by atoms with Crippen molar-refractivity contribution >= 4 is 21.6 Å². The highest BCUT2D eigenvalue weighted by Gasteiger charge is 2.30. The fourth-order valence-corrected chi connectivity index (χ4v) is 4.26. The first-order valence-electron chi connectivity index (χ1n) is 6.39. The summed E-state index contributed by atoms with van der Waals surface area (Å²) in [6.07, 6.45) is 0.494. The minimum atomic E-state index is -3.69. The van der Waals surface area contributed by atoms with Crippen LogP contribution in [0.2, 0.25) is 5.02 Å². The highest BCUT2D eigenvalue weighted by Crippen LogP contribution is 2.25. The Balaban J connectivity index is 2.36. The van der Waals surface area contributed by atoms with E-state index in [2.05, 4.69) is 4.72 Å². The molecular weight excluding hydrogens is 302 g/mol. The summed E-state index contributed by atoms with van der Waals surface area (Å²) in [7, 11) is -3.69. The monoisotopic (exact) mass is 319 g/mol. The van der Waals surface area contributed by atoms with Crippen LogP contribution in [-0.4, -0.2) is 32.3 Å². The van der Waals surface area contributed by atoms with E-state index in [4.69, 9.17) is 16.3 Å². The van der Waals surface area contributed by atoms with Gasteiger partial charge < -0.3 is 9.84 Å². The zero-order chi connectivity index (χ0) is 14.9. The molecule has 1 heterocycles. The normalized spacial score (nSPS) is 23.2. The number of benzene rings is 1. The third-order valence-corrected chi connectivity index (χ3v) is 5.41. The zero-order valence-electron chi connectivity index (χ0n) is 11.4. The van der Waals surface area contributed by atoms with Crippen LogP contribution < -0.4 is 4.72 Å². The first-order chi connectivity index (χ1) is 9.35. The number of sulfonamides is 1. The Morgan fingerprint density at radius 3 is 2.75 bits per heavy atom. The van der Waals surface area contributed by atoms with E-state index in [1.807, 2.05) is 6.92 Å². The fourth-order valence-electron chi connectivity index (χ4n) is 2.30. The molecule has 0 spiro atoms. The molecule has 2 atom stereocenters. The summed E-state index contributed by atoms with van der Waals surface area (Å²) in [5.41, 5.74) is 1.02. The van der Waals surface area contributed by atoms with Crippen LogP contribution in [-0.2, 0) is 21.4 Å². The van der Waals surface area contributed by atoms with E-state index >= 15 is 0 Å². The van der Waals surface area contributed by atoms with Gasteiger partial charge in [-0.2, -0.15) is 0 Å². The summed E-state index contributed by atoms with van der Waals surface area (Å²) in [5, 5.41) is 9.55. The maximum Gasteiger partial charge on any atom is 0.241 e. The van der Waals surface area contributed by atoms with Gasteiger partial charge in [0.15, 0.2) is 0 Å². The lowest BCUT2D eigenvalue weighted by molar-refractivity contribution is 0.117. The third kappa shape index (κ3) is 3.15. The van der Waals surface area contributed by atoms with Crippen molar-refractivity contribution in [2.75, 3.05) is 6.61 Å². The number of halogens is 1. The molecule has 5 nitrogen and oxygen atoms in total. The molecule has 0 aliphatic carbocycles. The van der Waals surface area contributed by atoms with Gasteiger partial charge in [0.05, 0.1) is 23.6 Å². The molecule has 0 saturated carbocycles. The van der Waals surface area contributed by atoms with Crippen LogP contribution in [0.3, 0.4) is 0 Å². The SMILES string of the molecule is Cc1c(CO)cc(Cl)cc1S(=O)(=O)NC1CCOC1C. The van der Waals surface area contributed by atoms with Crippen molar-refractivity contribution in [3.8, 4) is 0 Å². The summed E-state index contributed by atoms with van der Waals surface area (Å²) < 4.78 is 32.9. The molecule has 1 fully saturated rings. The molecule has 2 N–H and O–H groups in total. The largest absolute Gasteiger partial charge is 0.392 e. The molecule has 0 aromatic heterocycles. The van der Waals surface area contributed by atoms with E-state index in [0.717, 1.165) is 0 Å². The van der Waals surface area contributed by atoms with E-state index in [0.29, 0.717) is 24.2 Å². The van der Waals surface area contributed by atoms with Crippen molar-refractivity contribution in [3.63, 3.8) is 0 Å².